The zero-order chi connectivity index (χ0) is 19.6. The SMILES string of the molecule is COCCCNC(=O)c1cccc(NC(=O)CNc2cccc(C)c2C)c1. The van der Waals surface area contributed by atoms with Crippen molar-refractivity contribution in [3.63, 3.8) is 0 Å². The van der Waals surface area contributed by atoms with Gasteiger partial charge in [0, 0.05) is 37.2 Å². The number of rotatable bonds is 9. The first-order valence-electron chi connectivity index (χ1n) is 8.98. The molecule has 2 aromatic carbocycles. The fraction of sp³-hybridized carbons (Fsp3) is 0.333. The van der Waals surface area contributed by atoms with Crippen LogP contribution in [0.3, 0.4) is 0 Å². The average molecular weight is 369 g/mol. The van der Waals surface area contributed by atoms with Crippen LogP contribution in [0.2, 0.25) is 0 Å². The van der Waals surface area contributed by atoms with Gasteiger partial charge < -0.3 is 20.7 Å². The summed E-state index contributed by atoms with van der Waals surface area (Å²) in [4.78, 5) is 24.4. The minimum Gasteiger partial charge on any atom is -0.385 e. The molecule has 0 fully saturated rings. The standard InChI is InChI=1S/C21H27N3O3/c1-15-7-4-10-19(16(15)2)23-14-20(25)24-18-9-5-8-17(13-18)21(26)22-11-6-12-27-3/h4-5,7-10,13,23H,6,11-12,14H2,1-3H3,(H,22,26)(H,24,25). The summed E-state index contributed by atoms with van der Waals surface area (Å²) in [6.45, 7) is 5.35. The summed E-state index contributed by atoms with van der Waals surface area (Å²) in [5.41, 5.74) is 4.33. The van der Waals surface area contributed by atoms with Crippen molar-refractivity contribution in [1.82, 2.24) is 5.32 Å². The first-order chi connectivity index (χ1) is 13.0. The van der Waals surface area contributed by atoms with Crippen LogP contribution < -0.4 is 16.0 Å². The van der Waals surface area contributed by atoms with Crippen molar-refractivity contribution in [2.75, 3.05) is 37.4 Å². The lowest BCUT2D eigenvalue weighted by molar-refractivity contribution is -0.114. The third-order valence-electron chi connectivity index (χ3n) is 4.26. The first kappa shape index (κ1) is 20.5. The van der Waals surface area contributed by atoms with Crippen LogP contribution >= 0.6 is 0 Å². The number of methoxy groups -OCH3 is 1. The summed E-state index contributed by atoms with van der Waals surface area (Å²) in [7, 11) is 1.63. The molecule has 0 heterocycles. The molecule has 2 amide bonds. The highest BCUT2D eigenvalue weighted by molar-refractivity contribution is 5.98. The summed E-state index contributed by atoms with van der Waals surface area (Å²) in [5.74, 6) is -0.343. The van der Waals surface area contributed by atoms with Crippen molar-refractivity contribution in [3.05, 3.63) is 59.2 Å². The van der Waals surface area contributed by atoms with E-state index in [2.05, 4.69) is 16.0 Å². The second kappa shape index (κ2) is 10.3. The molecule has 0 spiro atoms. The van der Waals surface area contributed by atoms with Gasteiger partial charge >= 0.3 is 0 Å². The Hall–Kier alpha value is -2.86. The second-order valence-corrected chi connectivity index (χ2v) is 6.33. The van der Waals surface area contributed by atoms with E-state index in [4.69, 9.17) is 4.74 Å². The molecule has 0 radical (unpaired) electrons. The molecule has 2 aromatic rings. The number of benzene rings is 2. The van der Waals surface area contributed by atoms with Crippen LogP contribution in [0.15, 0.2) is 42.5 Å². The van der Waals surface area contributed by atoms with Gasteiger partial charge in [0.05, 0.1) is 6.54 Å². The molecule has 6 heteroatoms. The molecule has 27 heavy (non-hydrogen) atoms. The predicted octanol–water partition coefficient (Wildman–Crippen LogP) is 3.12. The van der Waals surface area contributed by atoms with Gasteiger partial charge in [-0.05, 0) is 55.7 Å². The molecule has 3 N–H and O–H groups in total. The number of hydrogen-bond donors (Lipinski definition) is 3. The molecule has 0 atom stereocenters. The molecule has 0 bridgehead atoms. The van der Waals surface area contributed by atoms with E-state index in [-0.39, 0.29) is 18.4 Å². The Bertz CT molecular complexity index is 790. The Morgan fingerprint density at radius 2 is 1.85 bits per heavy atom. The van der Waals surface area contributed by atoms with Crippen LogP contribution in [0, 0.1) is 13.8 Å². The number of anilines is 2. The number of hydrogen-bond acceptors (Lipinski definition) is 4. The van der Waals surface area contributed by atoms with Gasteiger partial charge in [0.2, 0.25) is 5.91 Å². The van der Waals surface area contributed by atoms with Gasteiger partial charge in [-0.25, -0.2) is 0 Å². The summed E-state index contributed by atoms with van der Waals surface area (Å²) < 4.78 is 4.96. The first-order valence-corrected chi connectivity index (χ1v) is 8.98. The molecule has 0 aliphatic carbocycles. The highest BCUT2D eigenvalue weighted by Gasteiger charge is 2.08. The molecule has 0 aliphatic rings. The Labute approximate surface area is 160 Å². The molecular formula is C21H27N3O3. The molecule has 0 unspecified atom stereocenters. The number of carbonyl (C=O) groups is 2. The van der Waals surface area contributed by atoms with E-state index < -0.39 is 0 Å². The molecule has 6 nitrogen and oxygen atoms in total. The highest BCUT2D eigenvalue weighted by atomic mass is 16.5. The predicted molar refractivity (Wildman–Crippen MR) is 108 cm³/mol. The van der Waals surface area contributed by atoms with E-state index in [0.29, 0.717) is 24.4 Å². The third-order valence-corrected chi connectivity index (χ3v) is 4.26. The van der Waals surface area contributed by atoms with Gasteiger partial charge in [0.15, 0.2) is 0 Å². The molecule has 0 aliphatic heterocycles. The molecule has 0 aromatic heterocycles. The number of carbonyl (C=O) groups excluding carboxylic acids is 2. The number of ether oxygens (including phenoxy) is 1. The quantitative estimate of drug-likeness (QED) is 0.594. The van der Waals surface area contributed by atoms with Crippen molar-refractivity contribution in [1.29, 1.82) is 0 Å². The van der Waals surface area contributed by atoms with Crippen molar-refractivity contribution < 1.29 is 14.3 Å². The van der Waals surface area contributed by atoms with E-state index in [0.717, 1.165) is 17.7 Å². The summed E-state index contributed by atoms with van der Waals surface area (Å²) in [6, 6.07) is 12.8. The van der Waals surface area contributed by atoms with Crippen LogP contribution in [-0.2, 0) is 9.53 Å². The lowest BCUT2D eigenvalue weighted by atomic mass is 10.1. The zero-order valence-corrected chi connectivity index (χ0v) is 16.1. The number of nitrogens with one attached hydrogen (secondary N) is 3. The van der Waals surface area contributed by atoms with E-state index in [1.807, 2.05) is 32.0 Å². The van der Waals surface area contributed by atoms with Crippen molar-refractivity contribution in [2.24, 2.45) is 0 Å². The maximum absolute atomic E-state index is 12.2. The van der Waals surface area contributed by atoms with Gasteiger partial charge in [0.1, 0.15) is 0 Å². The Morgan fingerprint density at radius 3 is 2.63 bits per heavy atom. The second-order valence-electron chi connectivity index (χ2n) is 6.33. The largest absolute Gasteiger partial charge is 0.385 e. The maximum atomic E-state index is 12.2. The van der Waals surface area contributed by atoms with E-state index in [1.165, 1.54) is 5.56 Å². The fourth-order valence-electron chi connectivity index (χ4n) is 2.58. The van der Waals surface area contributed by atoms with E-state index >= 15 is 0 Å². The fourth-order valence-corrected chi connectivity index (χ4v) is 2.58. The third kappa shape index (κ3) is 6.42. The lowest BCUT2D eigenvalue weighted by Crippen LogP contribution is -2.25. The van der Waals surface area contributed by atoms with Gasteiger partial charge in [-0.1, -0.05) is 18.2 Å². The highest BCUT2D eigenvalue weighted by Crippen LogP contribution is 2.17. The van der Waals surface area contributed by atoms with Gasteiger partial charge in [-0.3, -0.25) is 9.59 Å². The van der Waals surface area contributed by atoms with E-state index in [1.54, 1.807) is 31.4 Å². The average Bonchev–Trinajstić information content (AvgIpc) is 2.66. The van der Waals surface area contributed by atoms with Crippen LogP contribution in [0.25, 0.3) is 0 Å². The zero-order valence-electron chi connectivity index (χ0n) is 16.1. The Kier molecular flexibility index (Phi) is 7.82. The van der Waals surface area contributed by atoms with Crippen LogP contribution in [0.4, 0.5) is 11.4 Å². The number of amides is 2. The van der Waals surface area contributed by atoms with Crippen molar-refractivity contribution in [2.45, 2.75) is 20.3 Å². The Balaban J connectivity index is 1.88. The lowest BCUT2D eigenvalue weighted by Gasteiger charge is -2.12. The smallest absolute Gasteiger partial charge is 0.251 e. The van der Waals surface area contributed by atoms with Crippen LogP contribution in [-0.4, -0.2) is 38.6 Å². The maximum Gasteiger partial charge on any atom is 0.251 e. The summed E-state index contributed by atoms with van der Waals surface area (Å²) in [6.07, 6.45) is 0.753. The normalized spacial score (nSPS) is 10.3. The molecule has 0 saturated carbocycles. The van der Waals surface area contributed by atoms with Gasteiger partial charge in [-0.15, -0.1) is 0 Å². The van der Waals surface area contributed by atoms with Crippen molar-refractivity contribution in [3.8, 4) is 0 Å². The summed E-state index contributed by atoms with van der Waals surface area (Å²) >= 11 is 0. The van der Waals surface area contributed by atoms with E-state index in [9.17, 15) is 9.59 Å². The van der Waals surface area contributed by atoms with Crippen LogP contribution in [0.1, 0.15) is 27.9 Å². The van der Waals surface area contributed by atoms with Crippen molar-refractivity contribution >= 4 is 23.2 Å². The minimum atomic E-state index is -0.173. The number of aryl methyl sites for hydroxylation is 1. The molecule has 0 saturated heterocycles. The monoisotopic (exact) mass is 369 g/mol. The summed E-state index contributed by atoms with van der Waals surface area (Å²) in [5, 5.41) is 8.79. The topological polar surface area (TPSA) is 79.5 Å². The molecule has 2 rings (SSSR count). The van der Waals surface area contributed by atoms with Gasteiger partial charge in [-0.2, -0.15) is 0 Å². The molecule has 144 valence electrons. The Morgan fingerprint density at radius 1 is 1.07 bits per heavy atom. The minimum absolute atomic E-state index is 0.151. The molecular weight excluding hydrogens is 342 g/mol. The van der Waals surface area contributed by atoms with Crippen LogP contribution in [0.5, 0.6) is 0 Å². The van der Waals surface area contributed by atoms with Gasteiger partial charge in [0.25, 0.3) is 5.91 Å².